The molecule has 220 valence electrons. The minimum absolute atomic E-state index is 0.167. The number of carbonyl (C=O) groups excluding carboxylic acids is 2. The Labute approximate surface area is 241 Å². The fraction of sp³-hybridized carbons (Fsp3) is 0.250. The van der Waals surface area contributed by atoms with E-state index in [0.29, 0.717) is 16.8 Å². The van der Waals surface area contributed by atoms with E-state index < -0.39 is 29.6 Å². The summed E-state index contributed by atoms with van der Waals surface area (Å²) in [6.07, 6.45) is 1.26. The van der Waals surface area contributed by atoms with Crippen LogP contribution in [0.4, 0.5) is 18.9 Å². The van der Waals surface area contributed by atoms with E-state index in [-0.39, 0.29) is 12.8 Å². The number of anilines is 1. The summed E-state index contributed by atoms with van der Waals surface area (Å²) in [7, 11) is 0. The highest BCUT2D eigenvalue weighted by Gasteiger charge is 2.30. The number of carboxylic acids is 2. The van der Waals surface area contributed by atoms with Gasteiger partial charge in [0.2, 0.25) is 6.29 Å². The molecule has 2 N–H and O–H groups in total. The summed E-state index contributed by atoms with van der Waals surface area (Å²) in [5, 5.41) is 16.6. The first-order valence-electron chi connectivity index (χ1n) is 13.0. The van der Waals surface area contributed by atoms with Gasteiger partial charge in [0.1, 0.15) is 0 Å². The average Bonchev–Trinajstić information content (AvgIpc) is 2.97. The lowest BCUT2D eigenvalue weighted by Crippen LogP contribution is -2.36. The van der Waals surface area contributed by atoms with E-state index in [0.717, 1.165) is 29.0 Å². The van der Waals surface area contributed by atoms with Gasteiger partial charge in [-0.1, -0.05) is 62.3 Å². The zero-order valence-corrected chi connectivity index (χ0v) is 22.9. The Hall–Kier alpha value is -4.91. The number of carboxylic acid groups (broad SMARTS) is 2. The Kier molecular flexibility index (Phi) is 13.0. The van der Waals surface area contributed by atoms with Crippen LogP contribution in [0.1, 0.15) is 60.4 Å². The molecule has 0 atom stereocenters. The monoisotopic (exact) mass is 581 g/mol. The number of alkyl halides is 3. The third-order valence-electron chi connectivity index (χ3n) is 5.95. The van der Waals surface area contributed by atoms with Crippen molar-refractivity contribution < 1.29 is 42.6 Å². The molecule has 0 fully saturated rings. The number of nitrogens with zero attached hydrogens (tertiary/aromatic N) is 1. The molecule has 0 aliphatic heterocycles. The van der Waals surface area contributed by atoms with Crippen molar-refractivity contribution in [1.82, 2.24) is 0 Å². The maximum atomic E-state index is 12.8. The number of aryl methyl sites for hydroxylation is 1. The van der Waals surface area contributed by atoms with E-state index in [1.54, 1.807) is 24.3 Å². The molecule has 0 spiro atoms. The molecule has 0 saturated heterocycles. The fourth-order valence-electron chi connectivity index (χ4n) is 3.76. The standard InChI is InChI=1S/C30H28F3NO3.C2H2O3/c1-2-3-4-5-6-22-7-9-23(10-8-22)11-12-24-15-19-27(20-16-24)34(28(35)29(36)37)21-25-13-17-26(18-14-25)30(31,32)33;3-1-2(4)5/h7-10,13-20H,2-6,21H2,1H3,(H,36,37);1H,(H,4,5). The molecule has 3 rings (SSSR count). The van der Waals surface area contributed by atoms with Crippen molar-refractivity contribution in [3.63, 3.8) is 0 Å². The summed E-state index contributed by atoms with van der Waals surface area (Å²) in [5.74, 6) is 1.87. The minimum Gasteiger partial charge on any atom is -0.476 e. The number of unbranched alkanes of at least 4 members (excludes halogenated alkanes) is 3. The van der Waals surface area contributed by atoms with Gasteiger partial charge in [-0.15, -0.1) is 0 Å². The highest BCUT2D eigenvalue weighted by atomic mass is 19.4. The van der Waals surface area contributed by atoms with Crippen molar-refractivity contribution in [1.29, 1.82) is 0 Å². The number of aldehydes is 1. The molecule has 0 aliphatic rings. The van der Waals surface area contributed by atoms with Crippen LogP contribution in [0.5, 0.6) is 0 Å². The van der Waals surface area contributed by atoms with Gasteiger partial charge in [-0.25, -0.2) is 9.59 Å². The normalized spacial score (nSPS) is 10.4. The summed E-state index contributed by atoms with van der Waals surface area (Å²) in [6.45, 7) is 2.00. The molecular weight excluding hydrogens is 551 g/mol. The maximum absolute atomic E-state index is 12.8. The van der Waals surface area contributed by atoms with E-state index in [9.17, 15) is 27.9 Å². The van der Waals surface area contributed by atoms with Crippen molar-refractivity contribution in [3.05, 3.63) is 101 Å². The van der Waals surface area contributed by atoms with Gasteiger partial charge in [-0.2, -0.15) is 13.2 Å². The van der Waals surface area contributed by atoms with Crippen LogP contribution >= 0.6 is 0 Å². The number of rotatable bonds is 9. The van der Waals surface area contributed by atoms with E-state index >= 15 is 0 Å². The molecule has 1 amide bonds. The summed E-state index contributed by atoms with van der Waals surface area (Å²) in [4.78, 5) is 42.6. The van der Waals surface area contributed by atoms with Crippen LogP contribution in [0, 0.1) is 11.8 Å². The smallest absolute Gasteiger partial charge is 0.416 e. The molecule has 0 heterocycles. The number of carbonyl (C=O) groups is 4. The van der Waals surface area contributed by atoms with Crippen LogP contribution in [0.15, 0.2) is 72.8 Å². The Morgan fingerprint density at radius 1 is 0.786 bits per heavy atom. The molecule has 0 saturated carbocycles. The number of benzene rings is 3. The quantitative estimate of drug-likeness (QED) is 0.136. The summed E-state index contributed by atoms with van der Waals surface area (Å²) < 4.78 is 38.5. The SMILES string of the molecule is CCCCCCc1ccc(C#Cc2ccc(N(Cc3ccc(C(F)(F)F)cc3)C(=O)C(=O)O)cc2)cc1.O=CC(=O)O. The third-order valence-corrected chi connectivity index (χ3v) is 5.95. The highest BCUT2D eigenvalue weighted by Crippen LogP contribution is 2.29. The molecule has 42 heavy (non-hydrogen) atoms. The summed E-state index contributed by atoms with van der Waals surface area (Å²) in [6, 6.07) is 18.8. The number of amides is 1. The predicted molar refractivity (Wildman–Crippen MR) is 151 cm³/mol. The molecule has 0 aliphatic carbocycles. The average molecular weight is 582 g/mol. The van der Waals surface area contributed by atoms with E-state index in [2.05, 4.69) is 30.9 Å². The molecule has 7 nitrogen and oxygen atoms in total. The Bertz CT molecular complexity index is 1400. The molecule has 10 heteroatoms. The van der Waals surface area contributed by atoms with E-state index in [4.69, 9.17) is 14.7 Å². The lowest BCUT2D eigenvalue weighted by Gasteiger charge is -2.21. The van der Waals surface area contributed by atoms with Crippen LogP contribution in [-0.2, 0) is 38.3 Å². The molecule has 0 radical (unpaired) electrons. The van der Waals surface area contributed by atoms with Gasteiger partial charge in [0.15, 0.2) is 0 Å². The Morgan fingerprint density at radius 2 is 1.29 bits per heavy atom. The van der Waals surface area contributed by atoms with Crippen LogP contribution in [0.25, 0.3) is 0 Å². The van der Waals surface area contributed by atoms with Gasteiger partial charge in [-0.05, 0) is 72.5 Å². The molecular formula is C32H30F3NO6. The van der Waals surface area contributed by atoms with Gasteiger partial charge in [0, 0.05) is 16.8 Å². The number of hydrogen-bond donors (Lipinski definition) is 2. The first kappa shape index (κ1) is 33.3. The minimum atomic E-state index is -4.48. The highest BCUT2D eigenvalue weighted by molar-refractivity contribution is 6.37. The second-order valence-corrected chi connectivity index (χ2v) is 9.15. The van der Waals surface area contributed by atoms with Crippen molar-refractivity contribution in [2.24, 2.45) is 0 Å². The van der Waals surface area contributed by atoms with Gasteiger partial charge < -0.3 is 10.2 Å². The number of hydrogen-bond acceptors (Lipinski definition) is 4. The zero-order valence-electron chi connectivity index (χ0n) is 22.9. The van der Waals surface area contributed by atoms with Crippen molar-refractivity contribution >= 4 is 29.8 Å². The first-order valence-corrected chi connectivity index (χ1v) is 13.0. The van der Waals surface area contributed by atoms with E-state index in [1.807, 2.05) is 12.1 Å². The first-order chi connectivity index (χ1) is 19.9. The molecule has 3 aromatic carbocycles. The Balaban J connectivity index is 0.00000113. The fourth-order valence-corrected chi connectivity index (χ4v) is 3.76. The van der Waals surface area contributed by atoms with Gasteiger partial charge in [-0.3, -0.25) is 14.5 Å². The molecule has 0 aromatic heterocycles. The number of halogens is 3. The van der Waals surface area contributed by atoms with Gasteiger partial charge >= 0.3 is 24.0 Å². The molecule has 3 aromatic rings. The van der Waals surface area contributed by atoms with Crippen molar-refractivity contribution in [3.8, 4) is 11.8 Å². The summed E-state index contributed by atoms with van der Waals surface area (Å²) in [5.41, 5.74) is 2.65. The van der Waals surface area contributed by atoms with Crippen LogP contribution < -0.4 is 4.90 Å². The van der Waals surface area contributed by atoms with Gasteiger partial charge in [0.25, 0.3) is 0 Å². The second kappa shape index (κ2) is 16.4. The second-order valence-electron chi connectivity index (χ2n) is 9.15. The topological polar surface area (TPSA) is 112 Å². The maximum Gasteiger partial charge on any atom is 0.416 e. The van der Waals surface area contributed by atoms with Crippen LogP contribution in [0.2, 0.25) is 0 Å². The number of aliphatic carboxylic acids is 2. The van der Waals surface area contributed by atoms with Crippen LogP contribution in [-0.4, -0.2) is 34.3 Å². The summed E-state index contributed by atoms with van der Waals surface area (Å²) >= 11 is 0. The Morgan fingerprint density at radius 3 is 1.74 bits per heavy atom. The van der Waals surface area contributed by atoms with Crippen molar-refractivity contribution in [2.75, 3.05) is 4.90 Å². The zero-order chi connectivity index (χ0) is 31.1. The van der Waals surface area contributed by atoms with E-state index in [1.165, 1.54) is 43.4 Å². The largest absolute Gasteiger partial charge is 0.476 e. The lowest BCUT2D eigenvalue weighted by molar-refractivity contribution is -0.148. The lowest BCUT2D eigenvalue weighted by atomic mass is 10.0. The third kappa shape index (κ3) is 11.3. The molecule has 0 unspecified atom stereocenters. The van der Waals surface area contributed by atoms with Crippen LogP contribution in [0.3, 0.4) is 0 Å². The van der Waals surface area contributed by atoms with Crippen molar-refractivity contribution in [2.45, 2.75) is 51.7 Å². The van der Waals surface area contributed by atoms with Gasteiger partial charge in [0.05, 0.1) is 12.1 Å². The predicted octanol–water partition coefficient (Wildman–Crippen LogP) is 6.12. The molecule has 0 bridgehead atoms.